The molecular formula is C16H21ClF2N2. The molecule has 1 aromatic carbocycles. The first kappa shape index (κ1) is 16.2. The van der Waals surface area contributed by atoms with Crippen molar-refractivity contribution in [2.45, 2.75) is 52.0 Å². The zero-order chi connectivity index (χ0) is 15.6. The average Bonchev–Trinajstić information content (AvgIpc) is 2.78. The van der Waals surface area contributed by atoms with Gasteiger partial charge in [0.1, 0.15) is 11.3 Å². The van der Waals surface area contributed by atoms with Crippen molar-refractivity contribution in [2.75, 3.05) is 0 Å². The molecule has 0 amide bonds. The van der Waals surface area contributed by atoms with Crippen molar-refractivity contribution in [2.24, 2.45) is 5.92 Å². The van der Waals surface area contributed by atoms with Crippen LogP contribution in [0.15, 0.2) is 12.1 Å². The normalized spacial score (nSPS) is 13.3. The lowest BCUT2D eigenvalue weighted by Gasteiger charge is -2.11. The van der Waals surface area contributed by atoms with Crippen LogP contribution in [-0.2, 0) is 6.54 Å². The molecule has 0 bridgehead atoms. The van der Waals surface area contributed by atoms with Gasteiger partial charge in [-0.25, -0.2) is 13.8 Å². The number of aryl methyl sites for hydroxylation is 1. The van der Waals surface area contributed by atoms with E-state index in [1.54, 1.807) is 11.5 Å². The zero-order valence-corrected chi connectivity index (χ0v) is 13.4. The third-order valence-electron chi connectivity index (χ3n) is 3.60. The number of aromatic nitrogens is 2. The Morgan fingerprint density at radius 1 is 1.19 bits per heavy atom. The number of rotatable bonds is 6. The molecule has 1 aromatic heterocycles. The van der Waals surface area contributed by atoms with Crippen LogP contribution in [0.25, 0.3) is 11.0 Å². The molecule has 0 aliphatic heterocycles. The highest BCUT2D eigenvalue weighted by atomic mass is 35.5. The molecule has 0 aliphatic carbocycles. The lowest BCUT2D eigenvalue weighted by atomic mass is 10.1. The number of halogens is 3. The maximum absolute atomic E-state index is 14.1. The molecule has 0 spiro atoms. The van der Waals surface area contributed by atoms with Gasteiger partial charge in [0.05, 0.1) is 10.9 Å². The number of imidazole rings is 1. The molecule has 0 radical (unpaired) electrons. The second kappa shape index (κ2) is 6.73. The van der Waals surface area contributed by atoms with Crippen LogP contribution in [0.1, 0.15) is 51.2 Å². The Bertz CT molecular complexity index is 620. The van der Waals surface area contributed by atoms with E-state index in [-0.39, 0.29) is 10.9 Å². The van der Waals surface area contributed by atoms with E-state index in [0.717, 1.165) is 25.3 Å². The topological polar surface area (TPSA) is 17.8 Å². The predicted molar refractivity (Wildman–Crippen MR) is 82.6 cm³/mol. The Kier molecular flexibility index (Phi) is 5.20. The van der Waals surface area contributed by atoms with E-state index >= 15 is 0 Å². The number of alkyl halides is 1. The van der Waals surface area contributed by atoms with Crippen molar-refractivity contribution in [3.8, 4) is 0 Å². The molecular weight excluding hydrogens is 294 g/mol. The number of hydrogen-bond donors (Lipinski definition) is 0. The number of benzene rings is 1. The SMILES string of the molecule is CC(C)CCCCn1c(C(C)Cl)nc2ccc(F)c(F)c21. The van der Waals surface area contributed by atoms with Gasteiger partial charge in [-0.3, -0.25) is 0 Å². The Balaban J connectivity index is 2.34. The van der Waals surface area contributed by atoms with Gasteiger partial charge in [-0.2, -0.15) is 0 Å². The summed E-state index contributed by atoms with van der Waals surface area (Å²) in [6.45, 7) is 6.75. The highest BCUT2D eigenvalue weighted by Crippen LogP contribution is 2.28. The molecule has 116 valence electrons. The Morgan fingerprint density at radius 2 is 1.90 bits per heavy atom. The summed E-state index contributed by atoms with van der Waals surface area (Å²) < 4.78 is 29.3. The maximum atomic E-state index is 14.1. The van der Waals surface area contributed by atoms with Crippen molar-refractivity contribution in [3.63, 3.8) is 0 Å². The minimum absolute atomic E-state index is 0.224. The van der Waals surface area contributed by atoms with E-state index in [2.05, 4.69) is 18.8 Å². The van der Waals surface area contributed by atoms with E-state index < -0.39 is 11.6 Å². The molecule has 0 saturated carbocycles. The van der Waals surface area contributed by atoms with Crippen molar-refractivity contribution in [1.82, 2.24) is 9.55 Å². The highest BCUT2D eigenvalue weighted by Gasteiger charge is 2.19. The summed E-state index contributed by atoms with van der Waals surface area (Å²) >= 11 is 6.14. The van der Waals surface area contributed by atoms with Gasteiger partial charge in [-0.1, -0.05) is 26.7 Å². The monoisotopic (exact) mass is 314 g/mol. The van der Waals surface area contributed by atoms with Gasteiger partial charge in [0.15, 0.2) is 11.6 Å². The summed E-state index contributed by atoms with van der Waals surface area (Å²) in [6.07, 6.45) is 3.07. The average molecular weight is 315 g/mol. The number of nitrogens with zero attached hydrogens (tertiary/aromatic N) is 2. The van der Waals surface area contributed by atoms with E-state index in [4.69, 9.17) is 11.6 Å². The lowest BCUT2D eigenvalue weighted by Crippen LogP contribution is -2.06. The van der Waals surface area contributed by atoms with Gasteiger partial charge in [-0.15, -0.1) is 11.6 Å². The Labute approximate surface area is 129 Å². The first-order valence-corrected chi connectivity index (χ1v) is 7.83. The number of fused-ring (bicyclic) bond motifs is 1. The maximum Gasteiger partial charge on any atom is 0.184 e. The Morgan fingerprint density at radius 3 is 2.52 bits per heavy atom. The summed E-state index contributed by atoms with van der Waals surface area (Å²) in [5.41, 5.74) is 0.683. The van der Waals surface area contributed by atoms with E-state index in [0.29, 0.717) is 23.8 Å². The first-order chi connectivity index (χ1) is 9.91. The zero-order valence-electron chi connectivity index (χ0n) is 12.7. The van der Waals surface area contributed by atoms with Crippen LogP contribution in [-0.4, -0.2) is 9.55 Å². The van der Waals surface area contributed by atoms with E-state index in [9.17, 15) is 8.78 Å². The van der Waals surface area contributed by atoms with Crippen molar-refractivity contribution in [3.05, 3.63) is 29.6 Å². The number of unbranched alkanes of at least 4 members (excludes halogenated alkanes) is 1. The molecule has 1 atom stereocenters. The summed E-state index contributed by atoms with van der Waals surface area (Å²) in [5, 5.41) is -0.343. The van der Waals surface area contributed by atoms with Crippen molar-refractivity contribution >= 4 is 22.6 Å². The summed E-state index contributed by atoms with van der Waals surface area (Å²) in [5.74, 6) is -0.446. The van der Waals surface area contributed by atoms with Crippen molar-refractivity contribution in [1.29, 1.82) is 0 Å². The number of hydrogen-bond acceptors (Lipinski definition) is 1. The quantitative estimate of drug-likeness (QED) is 0.512. The lowest BCUT2D eigenvalue weighted by molar-refractivity contribution is 0.493. The van der Waals surface area contributed by atoms with Crippen LogP contribution in [0.2, 0.25) is 0 Å². The second-order valence-electron chi connectivity index (χ2n) is 5.86. The third kappa shape index (κ3) is 3.54. The Hall–Kier alpha value is -1.16. The molecule has 5 heteroatoms. The van der Waals surface area contributed by atoms with Gasteiger partial charge in [0.25, 0.3) is 0 Å². The fourth-order valence-corrected chi connectivity index (χ4v) is 2.69. The summed E-state index contributed by atoms with van der Waals surface area (Å²) in [4.78, 5) is 4.35. The molecule has 0 aliphatic rings. The molecule has 0 saturated heterocycles. The predicted octanol–water partition coefficient (Wildman–Crippen LogP) is 5.44. The van der Waals surface area contributed by atoms with E-state index in [1.165, 1.54) is 6.07 Å². The van der Waals surface area contributed by atoms with Gasteiger partial charge in [0, 0.05) is 6.54 Å². The molecule has 1 heterocycles. The smallest absolute Gasteiger partial charge is 0.184 e. The molecule has 2 rings (SSSR count). The van der Waals surface area contributed by atoms with E-state index in [1.807, 2.05) is 0 Å². The second-order valence-corrected chi connectivity index (χ2v) is 6.51. The molecule has 0 N–H and O–H groups in total. The van der Waals surface area contributed by atoms with Crippen molar-refractivity contribution < 1.29 is 8.78 Å². The summed E-state index contributed by atoms with van der Waals surface area (Å²) in [6, 6.07) is 2.61. The fraction of sp³-hybridized carbons (Fsp3) is 0.562. The van der Waals surface area contributed by atoms with Crippen LogP contribution in [0.4, 0.5) is 8.78 Å². The molecule has 1 unspecified atom stereocenters. The van der Waals surface area contributed by atoms with Gasteiger partial charge < -0.3 is 4.57 Å². The largest absolute Gasteiger partial charge is 0.324 e. The summed E-state index contributed by atoms with van der Waals surface area (Å²) in [7, 11) is 0. The van der Waals surface area contributed by atoms with Crippen LogP contribution in [0, 0.1) is 17.6 Å². The molecule has 0 fully saturated rings. The highest BCUT2D eigenvalue weighted by molar-refractivity contribution is 6.20. The fourth-order valence-electron chi connectivity index (χ4n) is 2.53. The third-order valence-corrected chi connectivity index (χ3v) is 3.79. The van der Waals surface area contributed by atoms with Crippen LogP contribution in [0.3, 0.4) is 0 Å². The standard InChI is InChI=1S/C16H21ClF2N2/c1-10(2)6-4-5-9-21-15-13(20-16(21)11(3)17)8-7-12(18)14(15)19/h7-8,10-11H,4-6,9H2,1-3H3. The van der Waals surface area contributed by atoms with Crippen LogP contribution in [0.5, 0.6) is 0 Å². The first-order valence-electron chi connectivity index (χ1n) is 7.40. The van der Waals surface area contributed by atoms with Gasteiger partial charge >= 0.3 is 0 Å². The minimum Gasteiger partial charge on any atom is -0.324 e. The molecule has 2 aromatic rings. The molecule has 21 heavy (non-hydrogen) atoms. The van der Waals surface area contributed by atoms with Gasteiger partial charge in [0.2, 0.25) is 0 Å². The van der Waals surface area contributed by atoms with Crippen LogP contribution < -0.4 is 0 Å². The van der Waals surface area contributed by atoms with Crippen LogP contribution >= 0.6 is 11.6 Å². The molecule has 2 nitrogen and oxygen atoms in total. The van der Waals surface area contributed by atoms with Gasteiger partial charge in [-0.05, 0) is 31.4 Å². The minimum atomic E-state index is -0.848.